The first-order valence-corrected chi connectivity index (χ1v) is 10.4. The zero-order valence-electron chi connectivity index (χ0n) is 9.99. The molecule has 118 valence electrons. The van der Waals surface area contributed by atoms with Crippen LogP contribution in [-0.2, 0) is 0 Å². The van der Waals surface area contributed by atoms with E-state index in [9.17, 15) is 0 Å². The van der Waals surface area contributed by atoms with Crippen LogP contribution >= 0.6 is 114 Å². The maximum atomic E-state index is 6.15. The second-order valence-electron chi connectivity index (χ2n) is 3.76. The highest BCUT2D eigenvalue weighted by Gasteiger charge is 2.17. The highest BCUT2D eigenvalue weighted by Crippen LogP contribution is 2.50. The van der Waals surface area contributed by atoms with E-state index in [4.69, 9.17) is 92.8 Å². The van der Waals surface area contributed by atoms with Crippen LogP contribution in [0, 0.1) is 0 Å². The van der Waals surface area contributed by atoms with Gasteiger partial charge in [-0.05, 0) is 12.1 Å². The summed E-state index contributed by atoms with van der Waals surface area (Å²) >= 11 is 48.2. The van der Waals surface area contributed by atoms with E-state index in [0.717, 1.165) is 0 Å². The van der Waals surface area contributed by atoms with Crippen molar-refractivity contribution < 1.29 is 0 Å². The number of hydrogen-bond donors (Lipinski definition) is 0. The van der Waals surface area contributed by atoms with Crippen LogP contribution in [0.1, 0.15) is 0 Å². The largest absolute Gasteiger partial charge is 0.0826 e. The third-order valence-corrected chi connectivity index (χ3v) is 8.50. The van der Waals surface area contributed by atoms with Gasteiger partial charge in [0, 0.05) is 9.79 Å². The summed E-state index contributed by atoms with van der Waals surface area (Å²) in [6.45, 7) is 0. The Kier molecular flexibility index (Phi) is 7.40. The lowest BCUT2D eigenvalue weighted by atomic mass is 10.3. The predicted octanol–water partition coefficient (Wildman–Crippen LogP) is 9.71. The van der Waals surface area contributed by atoms with Crippen LogP contribution in [0.25, 0.3) is 0 Å². The monoisotopic (exact) mass is 490 g/mol. The summed E-state index contributed by atoms with van der Waals surface area (Å²) in [7, 11) is 2.57. The molecule has 0 bridgehead atoms. The van der Waals surface area contributed by atoms with Gasteiger partial charge in [0.15, 0.2) is 0 Å². The minimum absolute atomic E-state index is 0.192. The predicted molar refractivity (Wildman–Crippen MR) is 105 cm³/mol. The fourth-order valence-electron chi connectivity index (χ4n) is 1.31. The van der Waals surface area contributed by atoms with E-state index >= 15 is 0 Å². The molecule has 2 rings (SSSR count). The van der Waals surface area contributed by atoms with E-state index in [1.807, 2.05) is 0 Å². The average Bonchev–Trinajstić information content (AvgIpc) is 2.49. The van der Waals surface area contributed by atoms with E-state index in [-0.39, 0.29) is 20.1 Å². The smallest absolute Gasteiger partial charge is 0.0805 e. The molecule has 2 aromatic carbocycles. The first kappa shape index (κ1) is 19.8. The molecule has 0 nitrogen and oxygen atoms in total. The van der Waals surface area contributed by atoms with Gasteiger partial charge in [-0.3, -0.25) is 0 Å². The Morgan fingerprint density at radius 3 is 1.09 bits per heavy atom. The van der Waals surface area contributed by atoms with Gasteiger partial charge in [-0.15, -0.1) is 0 Å². The van der Waals surface area contributed by atoms with Crippen LogP contribution in [0.3, 0.4) is 0 Å². The Hall–Kier alpha value is 1.46. The molecule has 22 heavy (non-hydrogen) atoms. The lowest BCUT2D eigenvalue weighted by Crippen LogP contribution is -1.81. The topological polar surface area (TPSA) is 0 Å². The average molecular weight is 494 g/mol. The summed E-state index contributed by atoms with van der Waals surface area (Å²) in [6, 6.07) is 3.23. The molecular weight excluding hydrogens is 492 g/mol. The third kappa shape index (κ3) is 4.16. The van der Waals surface area contributed by atoms with Crippen LogP contribution in [0.15, 0.2) is 21.9 Å². The molecular formula is C12H2Cl8S2. The maximum absolute atomic E-state index is 6.15. The van der Waals surface area contributed by atoms with Gasteiger partial charge in [-0.25, -0.2) is 0 Å². The molecule has 0 aliphatic carbocycles. The molecule has 0 aliphatic rings. The highest BCUT2D eigenvalue weighted by atomic mass is 35.5. The van der Waals surface area contributed by atoms with Crippen LogP contribution in [0.4, 0.5) is 0 Å². The molecule has 0 spiro atoms. The van der Waals surface area contributed by atoms with Crippen molar-refractivity contribution in [3.63, 3.8) is 0 Å². The Morgan fingerprint density at radius 2 is 0.773 bits per heavy atom. The van der Waals surface area contributed by atoms with Gasteiger partial charge in [-0.2, -0.15) is 0 Å². The Balaban J connectivity index is 2.32. The molecule has 0 radical (unpaired) electrons. The van der Waals surface area contributed by atoms with Crippen molar-refractivity contribution in [1.29, 1.82) is 0 Å². The Morgan fingerprint density at radius 1 is 0.455 bits per heavy atom. The van der Waals surface area contributed by atoms with Gasteiger partial charge in [0.05, 0.1) is 40.2 Å². The molecule has 0 N–H and O–H groups in total. The fourth-order valence-corrected chi connectivity index (χ4v) is 5.85. The summed E-state index contributed by atoms with van der Waals surface area (Å²) in [6.07, 6.45) is 0. The molecule has 0 amide bonds. The number of benzene rings is 2. The quantitative estimate of drug-likeness (QED) is 0.237. The van der Waals surface area contributed by atoms with Gasteiger partial charge < -0.3 is 0 Å². The van der Waals surface area contributed by atoms with Crippen LogP contribution in [-0.4, -0.2) is 0 Å². The maximum Gasteiger partial charge on any atom is 0.0805 e. The minimum Gasteiger partial charge on any atom is -0.0826 e. The van der Waals surface area contributed by atoms with Crippen LogP contribution in [0.5, 0.6) is 0 Å². The molecule has 0 heterocycles. The number of halogens is 8. The lowest BCUT2D eigenvalue weighted by Gasteiger charge is -2.10. The van der Waals surface area contributed by atoms with Crippen molar-refractivity contribution >= 4 is 114 Å². The van der Waals surface area contributed by atoms with Crippen molar-refractivity contribution in [2.24, 2.45) is 0 Å². The van der Waals surface area contributed by atoms with Gasteiger partial charge in [0.2, 0.25) is 0 Å². The summed E-state index contributed by atoms with van der Waals surface area (Å²) in [4.78, 5) is 1.26. The summed E-state index contributed by atoms with van der Waals surface area (Å²) in [5.74, 6) is 0. The zero-order chi connectivity index (χ0) is 16.6. The van der Waals surface area contributed by atoms with Crippen LogP contribution in [0.2, 0.25) is 40.2 Å². The fraction of sp³-hybridized carbons (Fsp3) is 0. The molecule has 0 aromatic heterocycles. The number of rotatable bonds is 3. The molecule has 0 saturated heterocycles. The molecule has 2 aromatic rings. The second-order valence-corrected chi connectivity index (χ2v) is 9.06. The van der Waals surface area contributed by atoms with E-state index in [0.29, 0.717) is 29.9 Å². The Bertz CT molecular complexity index is 683. The SMILES string of the molecule is Clc1cc(SSc2cc(Cl)c(Cl)c(Cl)c2Cl)c(Cl)c(Cl)c1Cl. The van der Waals surface area contributed by atoms with E-state index in [2.05, 4.69) is 0 Å². The first-order chi connectivity index (χ1) is 10.2. The van der Waals surface area contributed by atoms with Gasteiger partial charge in [0.25, 0.3) is 0 Å². The number of hydrogen-bond acceptors (Lipinski definition) is 2. The molecule has 10 heteroatoms. The van der Waals surface area contributed by atoms with E-state index in [1.54, 1.807) is 12.1 Å². The van der Waals surface area contributed by atoms with Crippen LogP contribution < -0.4 is 0 Å². The summed E-state index contributed by atoms with van der Waals surface area (Å²) in [5.41, 5.74) is 0. The Labute approximate surface area is 175 Å². The van der Waals surface area contributed by atoms with Crippen molar-refractivity contribution in [3.05, 3.63) is 52.3 Å². The van der Waals surface area contributed by atoms with Crippen molar-refractivity contribution in [2.45, 2.75) is 9.79 Å². The molecule has 0 unspecified atom stereocenters. The second kappa shape index (κ2) is 8.23. The molecule has 0 saturated carbocycles. The minimum atomic E-state index is 0.192. The normalized spacial score (nSPS) is 11.1. The highest BCUT2D eigenvalue weighted by molar-refractivity contribution is 8.76. The van der Waals surface area contributed by atoms with Gasteiger partial charge in [-0.1, -0.05) is 114 Å². The summed E-state index contributed by atoms with van der Waals surface area (Å²) in [5, 5.41) is 2.01. The third-order valence-electron chi connectivity index (χ3n) is 2.36. The summed E-state index contributed by atoms with van der Waals surface area (Å²) < 4.78 is 0. The molecule has 0 fully saturated rings. The zero-order valence-corrected chi connectivity index (χ0v) is 17.7. The van der Waals surface area contributed by atoms with Crippen molar-refractivity contribution in [3.8, 4) is 0 Å². The molecule has 0 aliphatic heterocycles. The standard InChI is InChI=1S/C12H2Cl8S2/c13-3-1-5(9(17)11(19)7(3)15)21-22-6-2-4(14)8(16)12(20)10(6)18/h1-2H. The first-order valence-electron chi connectivity index (χ1n) is 5.24. The van der Waals surface area contributed by atoms with E-state index in [1.165, 1.54) is 21.6 Å². The van der Waals surface area contributed by atoms with Gasteiger partial charge in [0.1, 0.15) is 0 Å². The lowest BCUT2D eigenvalue weighted by molar-refractivity contribution is 1.46. The van der Waals surface area contributed by atoms with E-state index < -0.39 is 0 Å². The van der Waals surface area contributed by atoms with Crippen molar-refractivity contribution in [1.82, 2.24) is 0 Å². The molecule has 0 atom stereocenters. The van der Waals surface area contributed by atoms with Crippen molar-refractivity contribution in [2.75, 3.05) is 0 Å². The van der Waals surface area contributed by atoms with Gasteiger partial charge >= 0.3 is 0 Å².